The second-order valence-corrected chi connectivity index (χ2v) is 8.26. The van der Waals surface area contributed by atoms with Crippen LogP contribution < -0.4 is 10.7 Å². The third-order valence-electron chi connectivity index (χ3n) is 5.19. The van der Waals surface area contributed by atoms with Crippen LogP contribution >= 0.6 is 11.6 Å². The standard InChI is InChI=1S/C20H21ClN8O/c1-11-6-12(9-24-18(11)27-25-5-4-22)26-19(30)13-8-20(2,3)17-14(13)10-23-16-7-15(21)28-29(16)17/h4-7,9-10,13,22H,8H2,1-3H3,(H,24,27)(H,26,30)/b22-4?,25-5-. The Bertz CT molecular complexity index is 1180. The SMILES string of the molecule is Cc1cc(NC(=O)C2CC(C)(C)c3c2cnc2cc(Cl)nn32)cnc1N/N=C\C=N. The molecule has 3 aromatic heterocycles. The van der Waals surface area contributed by atoms with E-state index in [9.17, 15) is 4.79 Å². The number of hydrazone groups is 1. The van der Waals surface area contributed by atoms with Crippen molar-refractivity contribution in [3.05, 3.63) is 46.5 Å². The van der Waals surface area contributed by atoms with Gasteiger partial charge in [-0.15, -0.1) is 0 Å². The Morgan fingerprint density at radius 1 is 1.37 bits per heavy atom. The smallest absolute Gasteiger partial charge is 0.232 e. The molecule has 154 valence electrons. The minimum Gasteiger partial charge on any atom is -0.324 e. The topological polar surface area (TPSA) is 120 Å². The van der Waals surface area contributed by atoms with Gasteiger partial charge in [0.25, 0.3) is 0 Å². The molecule has 0 fully saturated rings. The molecule has 0 aromatic carbocycles. The summed E-state index contributed by atoms with van der Waals surface area (Å²) in [7, 11) is 0. The van der Waals surface area contributed by atoms with Gasteiger partial charge in [-0.3, -0.25) is 10.2 Å². The summed E-state index contributed by atoms with van der Waals surface area (Å²) in [6.07, 6.45) is 6.34. The number of halogens is 1. The molecule has 1 aliphatic carbocycles. The molecule has 3 aromatic rings. The molecule has 0 bridgehead atoms. The van der Waals surface area contributed by atoms with Crippen molar-refractivity contribution < 1.29 is 4.79 Å². The fourth-order valence-electron chi connectivity index (χ4n) is 3.93. The molecule has 1 unspecified atom stereocenters. The summed E-state index contributed by atoms with van der Waals surface area (Å²) in [6, 6.07) is 3.53. The van der Waals surface area contributed by atoms with Crippen molar-refractivity contribution in [1.29, 1.82) is 5.41 Å². The molecular formula is C20H21ClN8O. The van der Waals surface area contributed by atoms with Crippen LogP contribution in [0, 0.1) is 12.3 Å². The number of nitrogens with zero attached hydrogens (tertiary/aromatic N) is 5. The number of hydrogen-bond acceptors (Lipinski definition) is 7. The zero-order chi connectivity index (χ0) is 21.5. The van der Waals surface area contributed by atoms with Crippen molar-refractivity contribution in [2.45, 2.75) is 38.5 Å². The molecule has 0 radical (unpaired) electrons. The molecule has 0 saturated heterocycles. The third kappa shape index (κ3) is 3.52. The normalized spacial score (nSPS) is 17.3. The molecular weight excluding hydrogens is 404 g/mol. The minimum absolute atomic E-state index is 0.120. The molecule has 0 aliphatic heterocycles. The molecule has 3 N–H and O–H groups in total. The first-order chi connectivity index (χ1) is 14.3. The Labute approximate surface area is 178 Å². The number of carbonyl (C=O) groups is 1. The fraction of sp³-hybridized carbons (Fsp3) is 0.300. The molecule has 4 rings (SSSR count). The van der Waals surface area contributed by atoms with Crippen molar-refractivity contribution in [2.75, 3.05) is 10.7 Å². The van der Waals surface area contributed by atoms with Gasteiger partial charge in [0.1, 0.15) is 5.82 Å². The minimum atomic E-state index is -0.356. The van der Waals surface area contributed by atoms with Crippen LogP contribution in [-0.4, -0.2) is 37.9 Å². The van der Waals surface area contributed by atoms with E-state index in [0.29, 0.717) is 28.7 Å². The van der Waals surface area contributed by atoms with Crippen molar-refractivity contribution in [3.8, 4) is 0 Å². The number of amides is 1. The highest BCUT2D eigenvalue weighted by Crippen LogP contribution is 2.46. The van der Waals surface area contributed by atoms with E-state index in [2.05, 4.69) is 44.8 Å². The predicted molar refractivity (Wildman–Crippen MR) is 117 cm³/mol. The Balaban J connectivity index is 1.60. The maximum atomic E-state index is 13.1. The summed E-state index contributed by atoms with van der Waals surface area (Å²) < 4.78 is 1.74. The van der Waals surface area contributed by atoms with Crippen LogP contribution in [0.4, 0.5) is 11.5 Å². The van der Waals surface area contributed by atoms with E-state index < -0.39 is 0 Å². The summed E-state index contributed by atoms with van der Waals surface area (Å²) in [5.41, 5.74) is 6.39. The monoisotopic (exact) mass is 424 g/mol. The molecule has 1 atom stereocenters. The average molecular weight is 425 g/mol. The summed E-state index contributed by atoms with van der Waals surface area (Å²) in [4.78, 5) is 21.8. The van der Waals surface area contributed by atoms with Gasteiger partial charge >= 0.3 is 0 Å². The molecule has 0 spiro atoms. The number of aryl methyl sites for hydroxylation is 1. The quantitative estimate of drug-likeness (QED) is 0.427. The first-order valence-corrected chi connectivity index (χ1v) is 9.78. The van der Waals surface area contributed by atoms with Gasteiger partial charge in [0.15, 0.2) is 10.8 Å². The Hall–Kier alpha value is -3.33. The Morgan fingerprint density at radius 3 is 2.90 bits per heavy atom. The highest BCUT2D eigenvalue weighted by atomic mass is 35.5. The highest BCUT2D eigenvalue weighted by Gasteiger charge is 2.43. The molecule has 10 heteroatoms. The van der Waals surface area contributed by atoms with Crippen LogP contribution in [0.2, 0.25) is 5.15 Å². The maximum absolute atomic E-state index is 13.1. The second kappa shape index (κ2) is 7.49. The van der Waals surface area contributed by atoms with Crippen molar-refractivity contribution in [3.63, 3.8) is 0 Å². The van der Waals surface area contributed by atoms with Crippen LogP contribution in [0.25, 0.3) is 5.65 Å². The van der Waals surface area contributed by atoms with E-state index >= 15 is 0 Å². The van der Waals surface area contributed by atoms with Crippen LogP contribution in [0.5, 0.6) is 0 Å². The average Bonchev–Trinajstić information content (AvgIpc) is 3.19. The van der Waals surface area contributed by atoms with Gasteiger partial charge in [0.05, 0.1) is 29.7 Å². The Kier molecular flexibility index (Phi) is 4.98. The van der Waals surface area contributed by atoms with Gasteiger partial charge in [-0.25, -0.2) is 14.5 Å². The number of aromatic nitrogens is 4. The number of anilines is 2. The summed E-state index contributed by atoms with van der Waals surface area (Å²) in [6.45, 7) is 6.05. The fourth-order valence-corrected chi connectivity index (χ4v) is 4.10. The van der Waals surface area contributed by atoms with Gasteiger partial charge in [-0.1, -0.05) is 25.4 Å². The molecule has 9 nitrogen and oxygen atoms in total. The molecule has 30 heavy (non-hydrogen) atoms. The molecule has 3 heterocycles. The predicted octanol–water partition coefficient (Wildman–Crippen LogP) is 3.54. The lowest BCUT2D eigenvalue weighted by Gasteiger charge is -2.19. The van der Waals surface area contributed by atoms with Crippen LogP contribution in [0.3, 0.4) is 0 Å². The van der Waals surface area contributed by atoms with Crippen molar-refractivity contribution >= 4 is 47.1 Å². The zero-order valence-corrected chi connectivity index (χ0v) is 17.5. The lowest BCUT2D eigenvalue weighted by molar-refractivity contribution is -0.117. The summed E-state index contributed by atoms with van der Waals surface area (Å²) >= 11 is 6.07. The summed E-state index contributed by atoms with van der Waals surface area (Å²) in [5.74, 6) is 0.0794. The van der Waals surface area contributed by atoms with E-state index in [1.54, 1.807) is 23.0 Å². The molecule has 1 amide bonds. The van der Waals surface area contributed by atoms with Crippen LogP contribution in [0.1, 0.15) is 43.0 Å². The van der Waals surface area contributed by atoms with Gasteiger partial charge in [-0.2, -0.15) is 10.2 Å². The van der Waals surface area contributed by atoms with E-state index in [4.69, 9.17) is 17.0 Å². The van der Waals surface area contributed by atoms with E-state index in [1.165, 1.54) is 6.21 Å². The van der Waals surface area contributed by atoms with Crippen molar-refractivity contribution in [1.82, 2.24) is 19.6 Å². The van der Waals surface area contributed by atoms with Gasteiger partial charge in [-0.05, 0) is 25.0 Å². The van der Waals surface area contributed by atoms with Gasteiger partial charge < -0.3 is 10.7 Å². The number of fused-ring (bicyclic) bond motifs is 3. The highest BCUT2D eigenvalue weighted by molar-refractivity contribution is 6.29. The van der Waals surface area contributed by atoms with E-state index in [0.717, 1.165) is 23.0 Å². The summed E-state index contributed by atoms with van der Waals surface area (Å²) in [5, 5.41) is 18.5. The second-order valence-electron chi connectivity index (χ2n) is 7.88. The van der Waals surface area contributed by atoms with Crippen LogP contribution in [0.15, 0.2) is 29.6 Å². The van der Waals surface area contributed by atoms with E-state index in [-0.39, 0.29) is 17.2 Å². The van der Waals surface area contributed by atoms with Crippen LogP contribution in [-0.2, 0) is 10.2 Å². The third-order valence-corrected chi connectivity index (χ3v) is 5.38. The van der Waals surface area contributed by atoms with Gasteiger partial charge in [0, 0.05) is 29.5 Å². The zero-order valence-electron chi connectivity index (χ0n) is 16.8. The first kappa shape index (κ1) is 20.0. The lowest BCUT2D eigenvalue weighted by Crippen LogP contribution is -2.21. The number of hydrogen-bond donors (Lipinski definition) is 3. The molecule has 1 aliphatic rings. The lowest BCUT2D eigenvalue weighted by atomic mass is 9.88. The largest absolute Gasteiger partial charge is 0.324 e. The first-order valence-electron chi connectivity index (χ1n) is 9.40. The Morgan fingerprint density at radius 2 is 2.17 bits per heavy atom. The van der Waals surface area contributed by atoms with E-state index in [1.807, 2.05) is 13.0 Å². The van der Waals surface area contributed by atoms with Gasteiger partial charge in [0.2, 0.25) is 5.91 Å². The number of nitrogens with one attached hydrogen (secondary N) is 3. The number of pyridine rings is 1. The number of rotatable bonds is 5. The molecule has 0 saturated carbocycles. The number of carbonyl (C=O) groups excluding carboxylic acids is 1. The van der Waals surface area contributed by atoms with Crippen molar-refractivity contribution in [2.24, 2.45) is 5.10 Å². The maximum Gasteiger partial charge on any atom is 0.232 e.